The van der Waals surface area contributed by atoms with Gasteiger partial charge in [-0.1, -0.05) is 76.7 Å². The summed E-state index contributed by atoms with van der Waals surface area (Å²) in [7, 11) is 0. The molecular weight excluding hydrogens is 422 g/mol. The van der Waals surface area contributed by atoms with Gasteiger partial charge in [-0.2, -0.15) is 0 Å². The predicted molar refractivity (Wildman–Crippen MR) is 124 cm³/mol. The molecule has 0 atom stereocenters. The molecule has 5 aromatic rings. The SMILES string of the molecule is Cc1ccc(-c2cc(C(=O)Nc3nnc(Cc4ccccc4)s3)c3c(C)noc3n2)cc1. The van der Waals surface area contributed by atoms with Gasteiger partial charge in [-0.05, 0) is 25.5 Å². The molecule has 7 nitrogen and oxygen atoms in total. The van der Waals surface area contributed by atoms with Gasteiger partial charge in [-0.3, -0.25) is 10.1 Å². The van der Waals surface area contributed by atoms with Crippen molar-refractivity contribution in [2.45, 2.75) is 20.3 Å². The molecule has 0 radical (unpaired) electrons. The number of pyridine rings is 1. The van der Waals surface area contributed by atoms with Crippen LogP contribution < -0.4 is 5.32 Å². The zero-order valence-corrected chi connectivity index (χ0v) is 18.3. The summed E-state index contributed by atoms with van der Waals surface area (Å²) in [4.78, 5) is 17.8. The van der Waals surface area contributed by atoms with E-state index in [2.05, 4.69) is 25.7 Å². The largest absolute Gasteiger partial charge is 0.335 e. The number of nitrogens with zero attached hydrogens (tertiary/aromatic N) is 4. The zero-order valence-electron chi connectivity index (χ0n) is 17.5. The highest BCUT2D eigenvalue weighted by Gasteiger charge is 2.20. The molecular formula is C24H19N5O2S. The summed E-state index contributed by atoms with van der Waals surface area (Å²) in [6.45, 7) is 3.81. The Morgan fingerprint density at radius 1 is 1.03 bits per heavy atom. The van der Waals surface area contributed by atoms with E-state index < -0.39 is 0 Å². The number of anilines is 1. The van der Waals surface area contributed by atoms with Gasteiger partial charge in [0.15, 0.2) is 0 Å². The molecule has 0 aliphatic heterocycles. The first kappa shape index (κ1) is 20.0. The number of aryl methyl sites for hydroxylation is 2. The summed E-state index contributed by atoms with van der Waals surface area (Å²) in [5, 5.41) is 17.1. The molecule has 1 N–H and O–H groups in total. The second-order valence-electron chi connectivity index (χ2n) is 7.49. The minimum Gasteiger partial charge on any atom is -0.335 e. The second-order valence-corrected chi connectivity index (χ2v) is 8.55. The fraction of sp³-hybridized carbons (Fsp3) is 0.125. The highest BCUT2D eigenvalue weighted by atomic mass is 32.1. The van der Waals surface area contributed by atoms with Crippen LogP contribution in [0.5, 0.6) is 0 Å². The molecule has 32 heavy (non-hydrogen) atoms. The maximum absolute atomic E-state index is 13.2. The third-order valence-electron chi connectivity index (χ3n) is 5.09. The maximum atomic E-state index is 13.2. The average Bonchev–Trinajstić information content (AvgIpc) is 3.40. The number of benzene rings is 2. The van der Waals surface area contributed by atoms with Crippen molar-refractivity contribution in [3.63, 3.8) is 0 Å². The molecule has 5 rings (SSSR count). The molecule has 2 aromatic carbocycles. The number of aromatic nitrogens is 4. The van der Waals surface area contributed by atoms with E-state index in [4.69, 9.17) is 4.52 Å². The lowest BCUT2D eigenvalue weighted by atomic mass is 10.0. The van der Waals surface area contributed by atoms with Crippen LogP contribution in [0.2, 0.25) is 0 Å². The molecule has 0 aliphatic rings. The van der Waals surface area contributed by atoms with Crippen LogP contribution >= 0.6 is 11.3 Å². The quantitative estimate of drug-likeness (QED) is 0.403. The Kier molecular flexibility index (Phi) is 5.20. The summed E-state index contributed by atoms with van der Waals surface area (Å²) in [6, 6.07) is 19.7. The molecule has 1 amide bonds. The number of rotatable bonds is 5. The van der Waals surface area contributed by atoms with Crippen molar-refractivity contribution in [2.75, 3.05) is 5.32 Å². The van der Waals surface area contributed by atoms with Crippen LogP contribution in [-0.4, -0.2) is 26.2 Å². The van der Waals surface area contributed by atoms with Crippen molar-refractivity contribution < 1.29 is 9.32 Å². The number of hydrogen-bond acceptors (Lipinski definition) is 7. The van der Waals surface area contributed by atoms with Crippen molar-refractivity contribution in [1.82, 2.24) is 20.3 Å². The first-order valence-corrected chi connectivity index (χ1v) is 10.9. The van der Waals surface area contributed by atoms with Crippen molar-refractivity contribution in [2.24, 2.45) is 0 Å². The van der Waals surface area contributed by atoms with Crippen molar-refractivity contribution in [3.05, 3.63) is 88.1 Å². The van der Waals surface area contributed by atoms with Crippen LogP contribution in [0.4, 0.5) is 5.13 Å². The third-order valence-corrected chi connectivity index (χ3v) is 5.93. The molecule has 0 bridgehead atoms. The van der Waals surface area contributed by atoms with E-state index in [1.165, 1.54) is 11.3 Å². The number of nitrogens with one attached hydrogen (secondary N) is 1. The maximum Gasteiger partial charge on any atom is 0.259 e. The van der Waals surface area contributed by atoms with Crippen molar-refractivity contribution >= 4 is 33.5 Å². The Morgan fingerprint density at radius 2 is 1.81 bits per heavy atom. The molecule has 0 saturated heterocycles. The highest BCUT2D eigenvalue weighted by Crippen LogP contribution is 2.28. The Bertz CT molecular complexity index is 1410. The van der Waals surface area contributed by atoms with Crippen molar-refractivity contribution in [3.8, 4) is 11.3 Å². The molecule has 0 spiro atoms. The molecule has 0 fully saturated rings. The average molecular weight is 442 g/mol. The van der Waals surface area contributed by atoms with Gasteiger partial charge in [0.2, 0.25) is 5.13 Å². The van der Waals surface area contributed by atoms with E-state index in [-0.39, 0.29) is 5.91 Å². The van der Waals surface area contributed by atoms with E-state index in [0.29, 0.717) is 39.6 Å². The van der Waals surface area contributed by atoms with Crippen LogP contribution in [0.3, 0.4) is 0 Å². The van der Waals surface area contributed by atoms with E-state index in [9.17, 15) is 4.79 Å². The van der Waals surface area contributed by atoms with Gasteiger partial charge in [0.1, 0.15) is 5.01 Å². The number of fused-ring (bicyclic) bond motifs is 1. The fourth-order valence-electron chi connectivity index (χ4n) is 3.46. The van der Waals surface area contributed by atoms with Crippen LogP contribution in [0, 0.1) is 13.8 Å². The number of amides is 1. The molecule has 3 aromatic heterocycles. The van der Waals surface area contributed by atoms with Gasteiger partial charge in [-0.25, -0.2) is 4.98 Å². The lowest BCUT2D eigenvalue weighted by molar-refractivity contribution is 0.102. The minimum atomic E-state index is -0.306. The zero-order chi connectivity index (χ0) is 22.1. The van der Waals surface area contributed by atoms with E-state index in [0.717, 1.165) is 21.7 Å². The Morgan fingerprint density at radius 3 is 2.59 bits per heavy atom. The highest BCUT2D eigenvalue weighted by molar-refractivity contribution is 7.15. The topological polar surface area (TPSA) is 93.8 Å². The standard InChI is InChI=1S/C24H19N5O2S/c1-14-8-10-17(11-9-14)19-13-18(21-15(2)29-31-23(21)25-19)22(30)26-24-28-27-20(32-24)12-16-6-4-3-5-7-16/h3-11,13H,12H2,1-2H3,(H,26,28,30). The molecule has 8 heteroatoms. The van der Waals surface area contributed by atoms with Gasteiger partial charge < -0.3 is 4.52 Å². The normalized spacial score (nSPS) is 11.1. The van der Waals surface area contributed by atoms with Crippen LogP contribution in [0.1, 0.15) is 32.2 Å². The lowest BCUT2D eigenvalue weighted by Crippen LogP contribution is -2.13. The molecule has 0 saturated carbocycles. The van der Waals surface area contributed by atoms with E-state index in [1.807, 2.05) is 61.5 Å². The third kappa shape index (κ3) is 4.00. The smallest absolute Gasteiger partial charge is 0.259 e. The second kappa shape index (κ2) is 8.32. The lowest BCUT2D eigenvalue weighted by Gasteiger charge is -2.07. The van der Waals surface area contributed by atoms with Gasteiger partial charge in [0.05, 0.1) is 22.3 Å². The Labute approximate surface area is 188 Å². The van der Waals surface area contributed by atoms with Gasteiger partial charge in [0.25, 0.3) is 11.6 Å². The van der Waals surface area contributed by atoms with Crippen LogP contribution in [-0.2, 0) is 6.42 Å². The monoisotopic (exact) mass is 441 g/mol. The Hall–Kier alpha value is -3.91. The summed E-state index contributed by atoms with van der Waals surface area (Å²) < 4.78 is 5.38. The molecule has 0 unspecified atom stereocenters. The fourth-order valence-corrected chi connectivity index (χ4v) is 4.23. The van der Waals surface area contributed by atoms with Gasteiger partial charge in [0, 0.05) is 12.0 Å². The van der Waals surface area contributed by atoms with E-state index in [1.54, 1.807) is 13.0 Å². The number of carbonyl (C=O) groups excluding carboxylic acids is 1. The van der Waals surface area contributed by atoms with Crippen molar-refractivity contribution in [1.29, 1.82) is 0 Å². The predicted octanol–water partition coefficient (Wildman–Crippen LogP) is 5.20. The molecule has 0 aliphatic carbocycles. The van der Waals surface area contributed by atoms with E-state index >= 15 is 0 Å². The summed E-state index contributed by atoms with van der Waals surface area (Å²) in [6.07, 6.45) is 0.663. The first-order valence-electron chi connectivity index (χ1n) is 10.1. The number of hydrogen-bond donors (Lipinski definition) is 1. The van der Waals surface area contributed by atoms with Crippen LogP contribution in [0.15, 0.2) is 65.2 Å². The summed E-state index contributed by atoms with van der Waals surface area (Å²) in [5.41, 5.74) is 5.18. The van der Waals surface area contributed by atoms with Gasteiger partial charge in [-0.15, -0.1) is 10.2 Å². The van der Waals surface area contributed by atoms with Crippen LogP contribution in [0.25, 0.3) is 22.4 Å². The summed E-state index contributed by atoms with van der Waals surface area (Å²) >= 11 is 1.36. The molecule has 3 heterocycles. The molecule has 158 valence electrons. The minimum absolute atomic E-state index is 0.306. The first-order chi connectivity index (χ1) is 15.6. The van der Waals surface area contributed by atoms with Gasteiger partial charge >= 0.3 is 0 Å². The summed E-state index contributed by atoms with van der Waals surface area (Å²) in [5.74, 6) is -0.306. The Balaban J connectivity index is 1.45. The number of carbonyl (C=O) groups is 1.